The Hall–Kier alpha value is -3.39. The second-order valence-corrected chi connectivity index (χ2v) is 8.02. The Kier molecular flexibility index (Phi) is 6.60. The van der Waals surface area contributed by atoms with Crippen molar-refractivity contribution in [3.63, 3.8) is 0 Å². The van der Waals surface area contributed by atoms with Gasteiger partial charge in [0.05, 0.1) is 6.54 Å². The molecular formula is C22H24ClN5O3. The highest BCUT2D eigenvalue weighted by Gasteiger charge is 2.16. The molecule has 8 nitrogen and oxygen atoms in total. The van der Waals surface area contributed by atoms with Crippen molar-refractivity contribution < 1.29 is 4.79 Å². The molecule has 9 heteroatoms. The normalized spacial score (nSPS) is 10.9. The van der Waals surface area contributed by atoms with E-state index in [4.69, 9.17) is 11.6 Å². The van der Waals surface area contributed by atoms with Crippen molar-refractivity contribution in [3.8, 4) is 0 Å². The summed E-state index contributed by atoms with van der Waals surface area (Å²) in [5.74, 6) is -0.00242. The van der Waals surface area contributed by atoms with Crippen molar-refractivity contribution in [3.05, 3.63) is 85.6 Å². The van der Waals surface area contributed by atoms with Crippen LogP contribution in [0.1, 0.15) is 35.8 Å². The molecule has 2 aromatic carbocycles. The molecule has 162 valence electrons. The number of nitrogens with zero attached hydrogens (tertiary/aromatic N) is 4. The van der Waals surface area contributed by atoms with Gasteiger partial charge in [-0.3, -0.25) is 9.36 Å². The summed E-state index contributed by atoms with van der Waals surface area (Å²) in [6.45, 7) is 3.71. The summed E-state index contributed by atoms with van der Waals surface area (Å²) in [7, 11) is 3.36. The summed E-state index contributed by atoms with van der Waals surface area (Å²) in [5.41, 5.74) is 0.851. The van der Waals surface area contributed by atoms with Gasteiger partial charge in [0, 0.05) is 36.4 Å². The van der Waals surface area contributed by atoms with Gasteiger partial charge in [0.15, 0.2) is 0 Å². The van der Waals surface area contributed by atoms with E-state index in [1.165, 1.54) is 9.47 Å². The first-order valence-electron chi connectivity index (χ1n) is 9.74. The monoisotopic (exact) mass is 441 g/mol. The van der Waals surface area contributed by atoms with Gasteiger partial charge < -0.3 is 10.2 Å². The van der Waals surface area contributed by atoms with Crippen LogP contribution in [0.15, 0.2) is 58.1 Å². The van der Waals surface area contributed by atoms with Crippen molar-refractivity contribution in [2.24, 2.45) is 0 Å². The van der Waals surface area contributed by atoms with E-state index in [0.717, 1.165) is 10.1 Å². The fourth-order valence-corrected chi connectivity index (χ4v) is 3.17. The van der Waals surface area contributed by atoms with Crippen molar-refractivity contribution in [1.29, 1.82) is 0 Å². The number of aromatic nitrogens is 3. The molecule has 0 bridgehead atoms. The third kappa shape index (κ3) is 5.03. The Labute approximate surface area is 184 Å². The van der Waals surface area contributed by atoms with Crippen LogP contribution in [0.4, 0.5) is 11.6 Å². The van der Waals surface area contributed by atoms with Crippen LogP contribution in [0.5, 0.6) is 0 Å². The minimum atomic E-state index is -0.630. The molecule has 0 aliphatic rings. The summed E-state index contributed by atoms with van der Waals surface area (Å²) < 4.78 is 2.52. The van der Waals surface area contributed by atoms with Gasteiger partial charge in [-0.1, -0.05) is 23.7 Å². The third-order valence-corrected chi connectivity index (χ3v) is 4.92. The maximum absolute atomic E-state index is 13.1. The van der Waals surface area contributed by atoms with Crippen molar-refractivity contribution in [2.45, 2.75) is 26.4 Å². The first kappa shape index (κ1) is 22.3. The third-order valence-electron chi connectivity index (χ3n) is 4.66. The molecule has 1 heterocycles. The van der Waals surface area contributed by atoms with Crippen LogP contribution in [0.25, 0.3) is 0 Å². The lowest BCUT2D eigenvalue weighted by Crippen LogP contribution is -2.43. The second-order valence-electron chi connectivity index (χ2n) is 7.58. The fourth-order valence-electron chi connectivity index (χ4n) is 3.04. The summed E-state index contributed by atoms with van der Waals surface area (Å²) in [6, 6.07) is 13.5. The van der Waals surface area contributed by atoms with E-state index in [9.17, 15) is 14.4 Å². The number of anilines is 2. The molecule has 0 aliphatic heterocycles. The highest BCUT2D eigenvalue weighted by Crippen LogP contribution is 2.17. The van der Waals surface area contributed by atoms with Gasteiger partial charge >= 0.3 is 11.4 Å². The minimum absolute atomic E-state index is 0.119. The summed E-state index contributed by atoms with van der Waals surface area (Å²) in [4.78, 5) is 43.3. The van der Waals surface area contributed by atoms with E-state index in [1.807, 2.05) is 12.1 Å². The zero-order valence-electron chi connectivity index (χ0n) is 17.8. The number of carbonyl (C=O) groups is 1. The van der Waals surface area contributed by atoms with Gasteiger partial charge in [0.1, 0.15) is 0 Å². The van der Waals surface area contributed by atoms with Crippen LogP contribution < -0.4 is 16.7 Å². The Balaban J connectivity index is 2.02. The SMILES string of the molecule is CC(C)n1c(=O)nc(Nc2ccc(C(=O)N(C)C)cc2)n(Cc2ccc(Cl)cc2)c1=O. The van der Waals surface area contributed by atoms with Crippen LogP contribution in [0.3, 0.4) is 0 Å². The first-order valence-corrected chi connectivity index (χ1v) is 10.1. The molecule has 0 aliphatic carbocycles. The second kappa shape index (κ2) is 9.18. The fraction of sp³-hybridized carbons (Fsp3) is 0.273. The van der Waals surface area contributed by atoms with Crippen LogP contribution >= 0.6 is 11.6 Å². The number of nitrogens with one attached hydrogen (secondary N) is 1. The maximum Gasteiger partial charge on any atom is 0.355 e. The number of rotatable bonds is 6. The molecule has 3 aromatic rings. The number of carbonyl (C=O) groups excluding carboxylic acids is 1. The highest BCUT2D eigenvalue weighted by molar-refractivity contribution is 6.30. The van der Waals surface area contributed by atoms with E-state index in [0.29, 0.717) is 16.3 Å². The molecule has 1 amide bonds. The van der Waals surface area contributed by atoms with E-state index in [2.05, 4.69) is 10.3 Å². The Morgan fingerprint density at radius 3 is 2.23 bits per heavy atom. The van der Waals surface area contributed by atoms with Gasteiger partial charge in [0.25, 0.3) is 5.91 Å². The molecule has 1 N–H and O–H groups in total. The standard InChI is InChI=1S/C22H24ClN5O3/c1-14(2)28-21(30)25-20(24-18-11-7-16(8-12-18)19(29)26(3)4)27(22(28)31)13-15-5-9-17(23)10-6-15/h5-12,14H,13H2,1-4H3,(H,24,25,30). The molecular weight excluding hydrogens is 418 g/mol. The van der Waals surface area contributed by atoms with Gasteiger partial charge in [0.2, 0.25) is 5.95 Å². The van der Waals surface area contributed by atoms with E-state index in [-0.39, 0.29) is 24.4 Å². The highest BCUT2D eigenvalue weighted by atomic mass is 35.5. The molecule has 0 spiro atoms. The van der Waals surface area contributed by atoms with Crippen LogP contribution in [-0.2, 0) is 6.54 Å². The molecule has 0 fully saturated rings. The molecule has 0 radical (unpaired) electrons. The molecule has 3 rings (SSSR count). The number of hydrogen-bond acceptors (Lipinski definition) is 5. The lowest BCUT2D eigenvalue weighted by molar-refractivity contribution is 0.0827. The predicted octanol–water partition coefficient (Wildman–Crippen LogP) is 3.13. The van der Waals surface area contributed by atoms with Crippen molar-refractivity contribution >= 4 is 29.1 Å². The molecule has 0 saturated carbocycles. The first-order chi connectivity index (χ1) is 14.7. The number of halogens is 1. The number of hydrogen-bond donors (Lipinski definition) is 1. The molecule has 0 atom stereocenters. The van der Waals surface area contributed by atoms with Crippen LogP contribution in [0.2, 0.25) is 5.02 Å². The molecule has 0 saturated heterocycles. The number of amides is 1. The maximum atomic E-state index is 13.1. The van der Waals surface area contributed by atoms with Gasteiger partial charge in [-0.25, -0.2) is 14.2 Å². The van der Waals surface area contributed by atoms with Gasteiger partial charge in [-0.05, 0) is 55.8 Å². The summed E-state index contributed by atoms with van der Waals surface area (Å²) in [5, 5.41) is 3.62. The lowest BCUT2D eigenvalue weighted by Gasteiger charge is -2.17. The molecule has 1 aromatic heterocycles. The zero-order valence-corrected chi connectivity index (χ0v) is 18.6. The van der Waals surface area contributed by atoms with Crippen molar-refractivity contribution in [2.75, 3.05) is 19.4 Å². The lowest BCUT2D eigenvalue weighted by atomic mass is 10.2. The number of benzene rings is 2. The van der Waals surface area contributed by atoms with Crippen molar-refractivity contribution in [1.82, 2.24) is 19.0 Å². The van der Waals surface area contributed by atoms with E-state index in [1.54, 1.807) is 64.3 Å². The largest absolute Gasteiger partial charge is 0.355 e. The minimum Gasteiger partial charge on any atom is -0.345 e. The van der Waals surface area contributed by atoms with E-state index < -0.39 is 11.4 Å². The van der Waals surface area contributed by atoms with E-state index >= 15 is 0 Å². The van der Waals surface area contributed by atoms with Gasteiger partial charge in [-0.15, -0.1) is 0 Å². The molecule has 0 unspecified atom stereocenters. The average molecular weight is 442 g/mol. The summed E-state index contributed by atoms with van der Waals surface area (Å²) >= 11 is 5.96. The Bertz CT molecular complexity index is 1200. The van der Waals surface area contributed by atoms with Gasteiger partial charge in [-0.2, -0.15) is 4.98 Å². The smallest absolute Gasteiger partial charge is 0.345 e. The summed E-state index contributed by atoms with van der Waals surface area (Å²) in [6.07, 6.45) is 0. The Morgan fingerprint density at radius 1 is 1.06 bits per heavy atom. The predicted molar refractivity (Wildman–Crippen MR) is 121 cm³/mol. The topological polar surface area (TPSA) is 89.2 Å². The average Bonchev–Trinajstić information content (AvgIpc) is 2.72. The zero-order chi connectivity index (χ0) is 22.7. The van der Waals surface area contributed by atoms with Crippen LogP contribution in [0, 0.1) is 0 Å². The Morgan fingerprint density at radius 2 is 1.68 bits per heavy atom. The quantitative estimate of drug-likeness (QED) is 0.634. The van der Waals surface area contributed by atoms with Crippen LogP contribution in [-0.4, -0.2) is 39.0 Å². The molecule has 31 heavy (non-hydrogen) atoms.